The maximum absolute atomic E-state index is 12.5. The lowest BCUT2D eigenvalue weighted by atomic mass is 9.87. The summed E-state index contributed by atoms with van der Waals surface area (Å²) in [6.07, 6.45) is 2.67. The van der Waals surface area contributed by atoms with Crippen LogP contribution in [0, 0.1) is 11.8 Å². The number of hydrogen-bond acceptors (Lipinski definition) is 4. The van der Waals surface area contributed by atoms with Crippen LogP contribution in [0.25, 0.3) is 10.9 Å². The molecule has 2 aromatic carbocycles. The molecule has 2 fully saturated rings. The van der Waals surface area contributed by atoms with E-state index in [0.717, 1.165) is 16.5 Å². The molecule has 0 spiro atoms. The Morgan fingerprint density at radius 3 is 2.59 bits per heavy atom. The molecule has 0 radical (unpaired) electrons. The molecule has 2 unspecified atom stereocenters. The van der Waals surface area contributed by atoms with Crippen LogP contribution in [0.4, 0.5) is 0 Å². The van der Waals surface area contributed by atoms with Crippen LogP contribution in [0.1, 0.15) is 18.4 Å². The smallest absolute Gasteiger partial charge is 0.240 e. The third-order valence-corrected chi connectivity index (χ3v) is 7.53. The molecule has 0 bridgehead atoms. The monoisotopic (exact) mass is 403 g/mol. The predicted molar refractivity (Wildman–Crippen MR) is 102 cm³/mol. The molecule has 2 aliphatic carbocycles. The standard InChI is InChI=1S/C19H18ClN3O3S/c20-12-6-11-10-21-22-17(11)16(7-12)19(24)8-14-15(9-19)18(14)23-27(25,26)13-4-2-1-3-5-13/h1-7,10,14-15,18,23-24H,8-9H2,(H,21,22)/t14-,15+,18?,19?. The van der Waals surface area contributed by atoms with Crippen molar-refractivity contribution in [3.05, 3.63) is 59.2 Å². The van der Waals surface area contributed by atoms with Gasteiger partial charge in [0.1, 0.15) is 0 Å². The van der Waals surface area contributed by atoms with E-state index in [1.807, 2.05) is 0 Å². The van der Waals surface area contributed by atoms with Gasteiger partial charge in [-0.2, -0.15) is 5.10 Å². The number of benzene rings is 2. The van der Waals surface area contributed by atoms with E-state index < -0.39 is 15.6 Å². The zero-order chi connectivity index (χ0) is 18.8. The Bertz CT molecular complexity index is 1120. The number of nitrogens with one attached hydrogen (secondary N) is 2. The third kappa shape index (κ3) is 2.77. The molecule has 27 heavy (non-hydrogen) atoms. The molecule has 140 valence electrons. The van der Waals surface area contributed by atoms with Gasteiger partial charge in [-0.3, -0.25) is 5.10 Å². The highest BCUT2D eigenvalue weighted by atomic mass is 35.5. The number of aromatic amines is 1. The van der Waals surface area contributed by atoms with E-state index >= 15 is 0 Å². The Morgan fingerprint density at radius 1 is 1.19 bits per heavy atom. The number of nitrogens with zero attached hydrogens (tertiary/aromatic N) is 1. The largest absolute Gasteiger partial charge is 0.385 e. The number of rotatable bonds is 4. The fraction of sp³-hybridized carbons (Fsp3) is 0.316. The van der Waals surface area contributed by atoms with E-state index in [4.69, 9.17) is 11.6 Å². The van der Waals surface area contributed by atoms with Crippen molar-refractivity contribution in [1.29, 1.82) is 0 Å². The van der Waals surface area contributed by atoms with Crippen molar-refractivity contribution < 1.29 is 13.5 Å². The van der Waals surface area contributed by atoms with Crippen LogP contribution in [-0.2, 0) is 15.6 Å². The first kappa shape index (κ1) is 17.2. The van der Waals surface area contributed by atoms with Crippen molar-refractivity contribution in [3.8, 4) is 0 Å². The summed E-state index contributed by atoms with van der Waals surface area (Å²) in [6.45, 7) is 0. The number of fused-ring (bicyclic) bond motifs is 2. The van der Waals surface area contributed by atoms with Crippen molar-refractivity contribution in [3.63, 3.8) is 0 Å². The average molecular weight is 404 g/mol. The van der Waals surface area contributed by atoms with Crippen molar-refractivity contribution in [1.82, 2.24) is 14.9 Å². The summed E-state index contributed by atoms with van der Waals surface area (Å²) in [6, 6.07) is 11.8. The van der Waals surface area contributed by atoms with Gasteiger partial charge in [0.05, 0.1) is 22.2 Å². The molecule has 1 aromatic heterocycles. The molecule has 6 nitrogen and oxygen atoms in total. The Labute approximate surface area is 161 Å². The lowest BCUT2D eigenvalue weighted by Crippen LogP contribution is -2.33. The van der Waals surface area contributed by atoms with E-state index in [0.29, 0.717) is 17.9 Å². The summed E-state index contributed by atoms with van der Waals surface area (Å²) in [5.41, 5.74) is 0.490. The molecule has 5 rings (SSSR count). The van der Waals surface area contributed by atoms with Gasteiger partial charge in [0, 0.05) is 22.0 Å². The predicted octanol–water partition coefficient (Wildman–Crippen LogP) is 2.79. The van der Waals surface area contributed by atoms with Gasteiger partial charge in [-0.05, 0) is 48.9 Å². The maximum Gasteiger partial charge on any atom is 0.240 e. The summed E-state index contributed by atoms with van der Waals surface area (Å²) in [5, 5.41) is 19.6. The van der Waals surface area contributed by atoms with Crippen LogP contribution in [0.15, 0.2) is 53.6 Å². The van der Waals surface area contributed by atoms with Gasteiger partial charge >= 0.3 is 0 Å². The summed E-state index contributed by atoms with van der Waals surface area (Å²) < 4.78 is 27.8. The van der Waals surface area contributed by atoms with Gasteiger partial charge in [0.15, 0.2) is 0 Å². The maximum atomic E-state index is 12.5. The van der Waals surface area contributed by atoms with E-state index in [2.05, 4.69) is 14.9 Å². The molecular formula is C19H18ClN3O3S. The van der Waals surface area contributed by atoms with Gasteiger partial charge in [0.25, 0.3) is 0 Å². The van der Waals surface area contributed by atoms with E-state index in [1.165, 1.54) is 0 Å². The zero-order valence-corrected chi connectivity index (χ0v) is 15.8. The Balaban J connectivity index is 1.37. The minimum absolute atomic E-state index is 0.116. The molecule has 0 aliphatic heterocycles. The fourth-order valence-corrected chi connectivity index (χ4v) is 6.08. The summed E-state index contributed by atoms with van der Waals surface area (Å²) in [7, 11) is -3.54. The molecule has 3 aromatic rings. The zero-order valence-electron chi connectivity index (χ0n) is 14.3. The van der Waals surface area contributed by atoms with Crippen LogP contribution in [0.3, 0.4) is 0 Å². The third-order valence-electron chi connectivity index (χ3n) is 5.84. The average Bonchev–Trinajstić information content (AvgIpc) is 3.02. The van der Waals surface area contributed by atoms with E-state index in [1.54, 1.807) is 48.7 Å². The van der Waals surface area contributed by atoms with Crippen molar-refractivity contribution in [2.24, 2.45) is 11.8 Å². The number of aliphatic hydroxyl groups is 1. The highest BCUT2D eigenvalue weighted by Gasteiger charge is 2.62. The van der Waals surface area contributed by atoms with Gasteiger partial charge < -0.3 is 5.11 Å². The Morgan fingerprint density at radius 2 is 1.89 bits per heavy atom. The molecule has 2 saturated carbocycles. The summed E-state index contributed by atoms with van der Waals surface area (Å²) in [4.78, 5) is 0.263. The van der Waals surface area contributed by atoms with Crippen LogP contribution < -0.4 is 4.72 Å². The number of hydrogen-bond donors (Lipinski definition) is 3. The number of sulfonamides is 1. The van der Waals surface area contributed by atoms with Crippen molar-refractivity contribution >= 4 is 32.5 Å². The first-order chi connectivity index (χ1) is 12.9. The van der Waals surface area contributed by atoms with Crippen molar-refractivity contribution in [2.75, 3.05) is 0 Å². The molecule has 3 N–H and O–H groups in total. The van der Waals surface area contributed by atoms with Crippen LogP contribution >= 0.6 is 11.6 Å². The normalized spacial score (nSPS) is 29.8. The molecule has 4 atom stereocenters. The minimum Gasteiger partial charge on any atom is -0.385 e. The summed E-state index contributed by atoms with van der Waals surface area (Å²) >= 11 is 6.21. The number of halogens is 1. The van der Waals surface area contributed by atoms with E-state index in [9.17, 15) is 13.5 Å². The van der Waals surface area contributed by atoms with E-state index in [-0.39, 0.29) is 22.8 Å². The highest BCUT2D eigenvalue weighted by molar-refractivity contribution is 7.89. The van der Waals surface area contributed by atoms with Crippen LogP contribution in [-0.4, -0.2) is 29.8 Å². The lowest BCUT2D eigenvalue weighted by Gasteiger charge is -2.27. The van der Waals surface area contributed by atoms with Gasteiger partial charge in [-0.15, -0.1) is 0 Å². The highest BCUT2D eigenvalue weighted by Crippen LogP contribution is 2.60. The second-order valence-electron chi connectivity index (χ2n) is 7.52. The van der Waals surface area contributed by atoms with Crippen LogP contribution in [0.5, 0.6) is 0 Å². The lowest BCUT2D eigenvalue weighted by molar-refractivity contribution is 0.0302. The number of aromatic nitrogens is 2. The second-order valence-corrected chi connectivity index (χ2v) is 9.67. The SMILES string of the molecule is O=S(=O)(NC1[C@H]2CC(O)(c3cc(Cl)cc4cn[nH]c34)C[C@@H]12)c1ccccc1. The molecule has 0 saturated heterocycles. The van der Waals surface area contributed by atoms with Crippen molar-refractivity contribution in [2.45, 2.75) is 29.4 Å². The van der Waals surface area contributed by atoms with Crippen LogP contribution in [0.2, 0.25) is 5.02 Å². The Kier molecular flexibility index (Phi) is 3.68. The van der Waals surface area contributed by atoms with Gasteiger partial charge in [0.2, 0.25) is 10.0 Å². The topological polar surface area (TPSA) is 95.1 Å². The van der Waals surface area contributed by atoms with Gasteiger partial charge in [-0.1, -0.05) is 29.8 Å². The first-order valence-electron chi connectivity index (χ1n) is 8.80. The molecular weight excluding hydrogens is 386 g/mol. The minimum atomic E-state index is -3.54. The van der Waals surface area contributed by atoms with Gasteiger partial charge in [-0.25, -0.2) is 13.1 Å². The molecule has 0 amide bonds. The quantitative estimate of drug-likeness (QED) is 0.624. The molecule has 8 heteroatoms. The fourth-order valence-electron chi connectivity index (χ4n) is 4.49. The molecule has 1 heterocycles. The summed E-state index contributed by atoms with van der Waals surface area (Å²) in [5.74, 6) is 0.232. The second kappa shape index (κ2) is 5.78. The Hall–Kier alpha value is -1.93. The molecule has 2 aliphatic rings. The number of H-pyrrole nitrogens is 1. The first-order valence-corrected chi connectivity index (χ1v) is 10.7.